The molecule has 0 heterocycles. The Morgan fingerprint density at radius 1 is 1.25 bits per heavy atom. The molecule has 1 fully saturated rings. The van der Waals surface area contributed by atoms with Gasteiger partial charge in [0.15, 0.2) is 0 Å². The molecule has 0 bridgehead atoms. The van der Waals surface area contributed by atoms with Crippen LogP contribution >= 0.6 is 23.2 Å². The molecule has 0 aromatic heterocycles. The second-order valence-electron chi connectivity index (χ2n) is 4.77. The molecular formula is C12H13Cl2NO4S. The van der Waals surface area contributed by atoms with Crippen LogP contribution in [0.15, 0.2) is 23.1 Å². The molecule has 5 nitrogen and oxygen atoms in total. The lowest BCUT2D eigenvalue weighted by atomic mass is 10.0. The van der Waals surface area contributed by atoms with Gasteiger partial charge in [-0.15, -0.1) is 0 Å². The quantitative estimate of drug-likeness (QED) is 0.884. The van der Waals surface area contributed by atoms with Gasteiger partial charge in [-0.1, -0.05) is 36.0 Å². The van der Waals surface area contributed by atoms with Crippen molar-refractivity contribution >= 4 is 39.2 Å². The van der Waals surface area contributed by atoms with Crippen LogP contribution in [0, 0.1) is 0 Å². The summed E-state index contributed by atoms with van der Waals surface area (Å²) in [6.07, 6.45) is 1.86. The molecule has 2 rings (SSSR count). The summed E-state index contributed by atoms with van der Waals surface area (Å²) < 4.78 is 27.0. The van der Waals surface area contributed by atoms with Gasteiger partial charge in [-0.05, 0) is 31.0 Å². The molecule has 20 heavy (non-hydrogen) atoms. The van der Waals surface area contributed by atoms with E-state index in [-0.39, 0.29) is 27.8 Å². The molecule has 8 heteroatoms. The van der Waals surface area contributed by atoms with Crippen LogP contribution in [0.3, 0.4) is 0 Å². The third kappa shape index (κ3) is 2.93. The summed E-state index contributed by atoms with van der Waals surface area (Å²) in [5, 5.41) is 9.53. The first kappa shape index (κ1) is 15.6. The van der Waals surface area contributed by atoms with Gasteiger partial charge in [0.1, 0.15) is 10.4 Å². The van der Waals surface area contributed by atoms with Gasteiger partial charge in [0.05, 0.1) is 5.02 Å². The number of halogens is 2. The van der Waals surface area contributed by atoms with Crippen molar-refractivity contribution in [2.75, 3.05) is 0 Å². The zero-order valence-electron chi connectivity index (χ0n) is 10.4. The maximum atomic E-state index is 12.4. The molecule has 1 saturated carbocycles. The summed E-state index contributed by atoms with van der Waals surface area (Å²) in [4.78, 5) is 11.2. The second-order valence-corrected chi connectivity index (χ2v) is 7.27. The minimum atomic E-state index is -4.05. The molecule has 0 unspecified atom stereocenters. The Kier molecular flexibility index (Phi) is 4.30. The molecule has 0 amide bonds. The van der Waals surface area contributed by atoms with E-state index in [2.05, 4.69) is 4.72 Å². The Hall–Kier alpha value is -0.820. The normalized spacial score (nSPS) is 18.1. The van der Waals surface area contributed by atoms with E-state index in [4.69, 9.17) is 23.2 Å². The molecule has 1 aliphatic rings. The summed E-state index contributed by atoms with van der Waals surface area (Å²) in [5.41, 5.74) is -1.45. The molecule has 2 N–H and O–H groups in total. The fourth-order valence-electron chi connectivity index (χ4n) is 2.33. The number of hydrogen-bond donors (Lipinski definition) is 2. The van der Waals surface area contributed by atoms with Gasteiger partial charge in [0, 0.05) is 5.02 Å². The maximum Gasteiger partial charge on any atom is 0.324 e. The van der Waals surface area contributed by atoms with Crippen LogP contribution < -0.4 is 4.72 Å². The molecular weight excluding hydrogens is 325 g/mol. The first-order chi connectivity index (χ1) is 9.27. The van der Waals surface area contributed by atoms with Crippen molar-refractivity contribution in [1.29, 1.82) is 0 Å². The number of rotatable bonds is 4. The Labute approximate surface area is 126 Å². The van der Waals surface area contributed by atoms with Crippen LogP contribution in [0.4, 0.5) is 0 Å². The number of aliphatic carboxylic acids is 1. The van der Waals surface area contributed by atoms with Gasteiger partial charge in [0.25, 0.3) is 0 Å². The summed E-state index contributed by atoms with van der Waals surface area (Å²) >= 11 is 11.6. The molecule has 0 aliphatic heterocycles. The number of carboxylic acids is 1. The van der Waals surface area contributed by atoms with Gasteiger partial charge in [-0.25, -0.2) is 8.42 Å². The van der Waals surface area contributed by atoms with E-state index < -0.39 is 21.5 Å². The van der Waals surface area contributed by atoms with Gasteiger partial charge in [-0.3, -0.25) is 4.79 Å². The van der Waals surface area contributed by atoms with E-state index in [1.807, 2.05) is 0 Å². The summed E-state index contributed by atoms with van der Waals surface area (Å²) in [5.74, 6) is -1.17. The maximum absolute atomic E-state index is 12.4. The largest absolute Gasteiger partial charge is 0.480 e. The molecule has 1 aliphatic carbocycles. The van der Waals surface area contributed by atoms with Crippen molar-refractivity contribution < 1.29 is 18.3 Å². The monoisotopic (exact) mass is 337 g/mol. The van der Waals surface area contributed by atoms with Crippen LogP contribution in [-0.2, 0) is 14.8 Å². The first-order valence-corrected chi connectivity index (χ1v) is 8.23. The Bertz CT molecular complexity index is 639. The van der Waals surface area contributed by atoms with Crippen LogP contribution in [0.2, 0.25) is 10.0 Å². The Morgan fingerprint density at radius 2 is 1.85 bits per heavy atom. The van der Waals surface area contributed by atoms with Gasteiger partial charge < -0.3 is 5.11 Å². The zero-order valence-corrected chi connectivity index (χ0v) is 12.7. The van der Waals surface area contributed by atoms with Crippen molar-refractivity contribution in [1.82, 2.24) is 4.72 Å². The number of nitrogens with one attached hydrogen (secondary N) is 1. The summed E-state index contributed by atoms with van der Waals surface area (Å²) in [6.45, 7) is 0. The lowest BCUT2D eigenvalue weighted by Gasteiger charge is -2.25. The number of sulfonamides is 1. The highest BCUT2D eigenvalue weighted by atomic mass is 35.5. The molecule has 0 atom stereocenters. The lowest BCUT2D eigenvalue weighted by molar-refractivity contribution is -0.143. The van der Waals surface area contributed by atoms with Crippen LogP contribution in [-0.4, -0.2) is 25.0 Å². The number of benzene rings is 1. The summed E-state index contributed by atoms with van der Waals surface area (Å²) in [6, 6.07) is 4.03. The molecule has 110 valence electrons. The molecule has 0 spiro atoms. The third-order valence-electron chi connectivity index (χ3n) is 3.38. The topological polar surface area (TPSA) is 83.5 Å². The Balaban J connectivity index is 2.40. The fraction of sp³-hybridized carbons (Fsp3) is 0.417. The number of hydrogen-bond acceptors (Lipinski definition) is 3. The molecule has 1 aromatic carbocycles. The van der Waals surface area contributed by atoms with Gasteiger partial charge in [0.2, 0.25) is 10.0 Å². The van der Waals surface area contributed by atoms with Crippen molar-refractivity contribution in [2.45, 2.75) is 36.1 Å². The average molecular weight is 338 g/mol. The number of carbonyl (C=O) groups is 1. The zero-order chi connectivity index (χ0) is 15.0. The van der Waals surface area contributed by atoms with Crippen molar-refractivity contribution in [3.05, 3.63) is 28.2 Å². The first-order valence-electron chi connectivity index (χ1n) is 5.99. The second kappa shape index (κ2) is 5.52. The van der Waals surface area contributed by atoms with Crippen molar-refractivity contribution in [3.63, 3.8) is 0 Å². The van der Waals surface area contributed by atoms with E-state index in [0.717, 1.165) is 0 Å². The molecule has 0 radical (unpaired) electrons. The minimum absolute atomic E-state index is 0.000403. The van der Waals surface area contributed by atoms with E-state index in [0.29, 0.717) is 12.8 Å². The van der Waals surface area contributed by atoms with E-state index in [1.54, 1.807) is 0 Å². The number of carboxylic acid groups (broad SMARTS) is 1. The highest BCUT2D eigenvalue weighted by Gasteiger charge is 2.45. The lowest BCUT2D eigenvalue weighted by Crippen LogP contribution is -2.52. The van der Waals surface area contributed by atoms with Crippen molar-refractivity contribution in [2.24, 2.45) is 0 Å². The third-order valence-corrected chi connectivity index (χ3v) is 5.63. The van der Waals surface area contributed by atoms with Gasteiger partial charge in [-0.2, -0.15) is 4.72 Å². The Morgan fingerprint density at radius 3 is 2.40 bits per heavy atom. The predicted molar refractivity (Wildman–Crippen MR) is 75.6 cm³/mol. The highest BCUT2D eigenvalue weighted by molar-refractivity contribution is 7.89. The van der Waals surface area contributed by atoms with Gasteiger partial charge >= 0.3 is 5.97 Å². The SMILES string of the molecule is O=C(O)C1(NS(=O)(=O)c2cc(Cl)ccc2Cl)CCCC1. The van der Waals surface area contributed by atoms with Crippen LogP contribution in [0.25, 0.3) is 0 Å². The standard InChI is InChI=1S/C12H13Cl2NO4S/c13-8-3-4-9(14)10(7-8)20(18,19)15-12(11(16)17)5-1-2-6-12/h3-4,7,15H,1-2,5-6H2,(H,16,17). The van der Waals surface area contributed by atoms with Crippen LogP contribution in [0.5, 0.6) is 0 Å². The average Bonchev–Trinajstić information content (AvgIpc) is 2.81. The smallest absolute Gasteiger partial charge is 0.324 e. The molecule has 1 aromatic rings. The minimum Gasteiger partial charge on any atom is -0.480 e. The van der Waals surface area contributed by atoms with Crippen molar-refractivity contribution in [3.8, 4) is 0 Å². The fourth-order valence-corrected chi connectivity index (χ4v) is 4.52. The predicted octanol–water partition coefficient (Wildman–Crippen LogP) is 2.67. The highest BCUT2D eigenvalue weighted by Crippen LogP contribution is 2.33. The summed E-state index contributed by atoms with van der Waals surface area (Å²) in [7, 11) is -4.05. The molecule has 0 saturated heterocycles. The van der Waals surface area contributed by atoms with E-state index in [9.17, 15) is 18.3 Å². The van der Waals surface area contributed by atoms with E-state index in [1.165, 1.54) is 18.2 Å². The van der Waals surface area contributed by atoms with E-state index >= 15 is 0 Å². The van der Waals surface area contributed by atoms with Crippen LogP contribution in [0.1, 0.15) is 25.7 Å².